The molecule has 2 aromatic carbocycles. The third-order valence-corrected chi connectivity index (χ3v) is 4.32. The number of nitrogens with one attached hydrogen (secondary N) is 1. The number of nitrogens with zero attached hydrogens (tertiary/aromatic N) is 5. The second-order valence-electron chi connectivity index (χ2n) is 6.53. The number of fused-ring (bicyclic) bond motifs is 1. The van der Waals surface area contributed by atoms with E-state index < -0.39 is 0 Å². The van der Waals surface area contributed by atoms with E-state index in [1.165, 1.54) is 11.9 Å². The summed E-state index contributed by atoms with van der Waals surface area (Å²) in [6, 6.07) is 18.5. The number of rotatable bonds is 5. The molecule has 0 aliphatic carbocycles. The predicted octanol–water partition coefficient (Wildman–Crippen LogP) is 4.14. The molecule has 4 rings (SSSR count). The summed E-state index contributed by atoms with van der Waals surface area (Å²) in [4.78, 5) is 8.71. The van der Waals surface area contributed by atoms with Crippen molar-refractivity contribution in [3.8, 4) is 0 Å². The van der Waals surface area contributed by atoms with Crippen LogP contribution in [0.15, 0.2) is 60.9 Å². The standard InChI is InChI=1S/C20H20N6/c1-14(2)16-8-10-17(11-9-16)23-19-18-20(22-13-21-19)26(25-24-18)12-15-6-4-3-5-7-15/h3-11,13-14H,12H2,1-2H3,(H,21,22,23). The van der Waals surface area contributed by atoms with Crippen molar-refractivity contribution in [2.45, 2.75) is 26.3 Å². The Hall–Kier alpha value is -3.28. The van der Waals surface area contributed by atoms with Crippen molar-refractivity contribution in [1.82, 2.24) is 25.0 Å². The second-order valence-corrected chi connectivity index (χ2v) is 6.53. The van der Waals surface area contributed by atoms with Gasteiger partial charge in [0.25, 0.3) is 0 Å². The summed E-state index contributed by atoms with van der Waals surface area (Å²) in [5, 5.41) is 11.9. The third-order valence-electron chi connectivity index (χ3n) is 4.32. The van der Waals surface area contributed by atoms with Crippen LogP contribution in [0.5, 0.6) is 0 Å². The minimum absolute atomic E-state index is 0.507. The zero-order valence-electron chi connectivity index (χ0n) is 14.8. The lowest BCUT2D eigenvalue weighted by atomic mass is 10.0. The van der Waals surface area contributed by atoms with E-state index in [2.05, 4.69) is 75.8 Å². The van der Waals surface area contributed by atoms with Crippen molar-refractivity contribution in [2.24, 2.45) is 0 Å². The van der Waals surface area contributed by atoms with Crippen molar-refractivity contribution < 1.29 is 0 Å². The zero-order valence-corrected chi connectivity index (χ0v) is 14.8. The molecule has 2 aromatic heterocycles. The molecule has 0 atom stereocenters. The average molecular weight is 344 g/mol. The van der Waals surface area contributed by atoms with Gasteiger partial charge in [-0.1, -0.05) is 61.5 Å². The molecular weight excluding hydrogens is 324 g/mol. The van der Waals surface area contributed by atoms with Gasteiger partial charge in [-0.3, -0.25) is 0 Å². The molecule has 0 bridgehead atoms. The Bertz CT molecular complexity index is 1010. The van der Waals surface area contributed by atoms with E-state index >= 15 is 0 Å². The Morgan fingerprint density at radius 3 is 2.46 bits per heavy atom. The maximum atomic E-state index is 4.36. The van der Waals surface area contributed by atoms with Crippen LogP contribution in [0.3, 0.4) is 0 Å². The third kappa shape index (κ3) is 3.26. The van der Waals surface area contributed by atoms with Gasteiger partial charge < -0.3 is 5.32 Å². The molecule has 2 heterocycles. The van der Waals surface area contributed by atoms with E-state index in [-0.39, 0.29) is 0 Å². The highest BCUT2D eigenvalue weighted by molar-refractivity contribution is 5.84. The van der Waals surface area contributed by atoms with Crippen LogP contribution in [0.4, 0.5) is 11.5 Å². The highest BCUT2D eigenvalue weighted by Gasteiger charge is 2.12. The van der Waals surface area contributed by atoms with Crippen LogP contribution >= 0.6 is 0 Å². The summed E-state index contributed by atoms with van der Waals surface area (Å²) in [7, 11) is 0. The van der Waals surface area contributed by atoms with Gasteiger partial charge >= 0.3 is 0 Å². The highest BCUT2D eigenvalue weighted by atomic mass is 15.4. The summed E-state index contributed by atoms with van der Waals surface area (Å²) < 4.78 is 1.79. The molecule has 130 valence electrons. The normalized spacial score (nSPS) is 11.2. The van der Waals surface area contributed by atoms with Gasteiger partial charge in [-0.2, -0.15) is 0 Å². The van der Waals surface area contributed by atoms with Crippen molar-refractivity contribution in [2.75, 3.05) is 5.32 Å². The Labute approximate surface area is 151 Å². The molecule has 0 aliphatic rings. The first-order chi connectivity index (χ1) is 12.7. The molecule has 0 amide bonds. The summed E-state index contributed by atoms with van der Waals surface area (Å²) in [5.41, 5.74) is 4.79. The summed E-state index contributed by atoms with van der Waals surface area (Å²) in [6.07, 6.45) is 1.54. The number of aromatic nitrogens is 5. The molecule has 0 spiro atoms. The number of anilines is 2. The molecule has 6 heteroatoms. The first-order valence-electron chi connectivity index (χ1n) is 8.66. The largest absolute Gasteiger partial charge is 0.338 e. The lowest BCUT2D eigenvalue weighted by Gasteiger charge is -2.09. The minimum atomic E-state index is 0.507. The van der Waals surface area contributed by atoms with Crippen molar-refractivity contribution in [3.05, 3.63) is 72.1 Å². The predicted molar refractivity (Wildman–Crippen MR) is 102 cm³/mol. The van der Waals surface area contributed by atoms with Crippen LogP contribution in [0, 0.1) is 0 Å². The molecule has 0 aliphatic heterocycles. The van der Waals surface area contributed by atoms with Gasteiger partial charge in [-0.15, -0.1) is 5.10 Å². The number of hydrogen-bond acceptors (Lipinski definition) is 5. The molecule has 1 N–H and O–H groups in total. The van der Waals surface area contributed by atoms with Gasteiger partial charge in [-0.25, -0.2) is 14.6 Å². The quantitative estimate of drug-likeness (QED) is 0.589. The summed E-state index contributed by atoms with van der Waals surface area (Å²) >= 11 is 0. The van der Waals surface area contributed by atoms with E-state index in [1.807, 2.05) is 18.2 Å². The fraction of sp³-hybridized carbons (Fsp3) is 0.200. The zero-order chi connectivity index (χ0) is 17.9. The first-order valence-corrected chi connectivity index (χ1v) is 8.66. The SMILES string of the molecule is CC(C)c1ccc(Nc2ncnc3c2nnn3Cc2ccccc2)cc1. The Morgan fingerprint density at radius 1 is 0.962 bits per heavy atom. The van der Waals surface area contributed by atoms with E-state index in [4.69, 9.17) is 0 Å². The number of benzene rings is 2. The fourth-order valence-corrected chi connectivity index (χ4v) is 2.83. The average Bonchev–Trinajstić information content (AvgIpc) is 3.07. The molecular formula is C20H20N6. The maximum absolute atomic E-state index is 4.36. The maximum Gasteiger partial charge on any atom is 0.184 e. The second kappa shape index (κ2) is 6.92. The van der Waals surface area contributed by atoms with E-state index in [1.54, 1.807) is 4.68 Å². The molecule has 26 heavy (non-hydrogen) atoms. The topological polar surface area (TPSA) is 68.5 Å². The van der Waals surface area contributed by atoms with Crippen LogP contribution < -0.4 is 5.32 Å². The lowest BCUT2D eigenvalue weighted by Crippen LogP contribution is -2.03. The first kappa shape index (κ1) is 16.2. The van der Waals surface area contributed by atoms with Gasteiger partial charge in [0.1, 0.15) is 6.33 Å². The Balaban J connectivity index is 1.62. The van der Waals surface area contributed by atoms with Crippen molar-refractivity contribution in [1.29, 1.82) is 0 Å². The number of hydrogen-bond donors (Lipinski definition) is 1. The van der Waals surface area contributed by atoms with Crippen LogP contribution in [0.1, 0.15) is 30.9 Å². The molecule has 4 aromatic rings. The summed E-state index contributed by atoms with van der Waals surface area (Å²) in [5.74, 6) is 1.17. The van der Waals surface area contributed by atoms with Crippen LogP contribution in [0.25, 0.3) is 11.2 Å². The van der Waals surface area contributed by atoms with Gasteiger partial charge in [0.05, 0.1) is 6.54 Å². The highest BCUT2D eigenvalue weighted by Crippen LogP contribution is 2.23. The van der Waals surface area contributed by atoms with Gasteiger partial charge in [0.15, 0.2) is 17.0 Å². The Morgan fingerprint density at radius 2 is 1.73 bits per heavy atom. The molecule has 0 fully saturated rings. The minimum Gasteiger partial charge on any atom is -0.338 e. The van der Waals surface area contributed by atoms with Crippen molar-refractivity contribution in [3.63, 3.8) is 0 Å². The van der Waals surface area contributed by atoms with E-state index in [0.717, 1.165) is 11.3 Å². The monoisotopic (exact) mass is 344 g/mol. The van der Waals surface area contributed by atoms with Crippen LogP contribution in [-0.4, -0.2) is 25.0 Å². The van der Waals surface area contributed by atoms with Gasteiger partial charge in [0.2, 0.25) is 0 Å². The van der Waals surface area contributed by atoms with E-state index in [0.29, 0.717) is 29.4 Å². The smallest absolute Gasteiger partial charge is 0.184 e. The van der Waals surface area contributed by atoms with Crippen molar-refractivity contribution >= 4 is 22.7 Å². The summed E-state index contributed by atoms with van der Waals surface area (Å²) in [6.45, 7) is 4.99. The van der Waals surface area contributed by atoms with Gasteiger partial charge in [0, 0.05) is 5.69 Å². The Kier molecular flexibility index (Phi) is 4.31. The van der Waals surface area contributed by atoms with Crippen LogP contribution in [0.2, 0.25) is 0 Å². The van der Waals surface area contributed by atoms with E-state index in [9.17, 15) is 0 Å². The lowest BCUT2D eigenvalue weighted by molar-refractivity contribution is 0.664. The molecule has 0 unspecified atom stereocenters. The van der Waals surface area contributed by atoms with Crippen LogP contribution in [-0.2, 0) is 6.54 Å². The molecule has 0 saturated heterocycles. The fourth-order valence-electron chi connectivity index (χ4n) is 2.83. The van der Waals surface area contributed by atoms with Gasteiger partial charge in [-0.05, 0) is 29.2 Å². The molecule has 6 nitrogen and oxygen atoms in total. The molecule has 0 saturated carbocycles. The molecule has 0 radical (unpaired) electrons.